The molecule has 1 fully saturated rings. The second-order valence-electron chi connectivity index (χ2n) is 5.80. The highest BCUT2D eigenvalue weighted by atomic mass is 35.5. The SMILES string of the molecule is CNC1CCN(C2CCc3ccccc3NC2=O)CC1.Cl. The summed E-state index contributed by atoms with van der Waals surface area (Å²) < 4.78 is 0. The molecule has 0 aromatic heterocycles. The number of anilines is 1. The molecule has 2 N–H and O–H groups in total. The summed E-state index contributed by atoms with van der Waals surface area (Å²) in [5, 5.41) is 6.44. The molecule has 116 valence electrons. The first kappa shape index (κ1) is 16.3. The van der Waals surface area contributed by atoms with E-state index < -0.39 is 0 Å². The van der Waals surface area contributed by atoms with Crippen LogP contribution >= 0.6 is 12.4 Å². The molecule has 1 aromatic carbocycles. The monoisotopic (exact) mass is 309 g/mol. The summed E-state index contributed by atoms with van der Waals surface area (Å²) in [5.74, 6) is 0.165. The van der Waals surface area contributed by atoms with E-state index >= 15 is 0 Å². The summed E-state index contributed by atoms with van der Waals surface area (Å²) in [5.41, 5.74) is 2.25. The largest absolute Gasteiger partial charge is 0.324 e. The highest BCUT2D eigenvalue weighted by Crippen LogP contribution is 2.25. The van der Waals surface area contributed by atoms with Crippen molar-refractivity contribution in [3.8, 4) is 0 Å². The molecule has 0 radical (unpaired) electrons. The lowest BCUT2D eigenvalue weighted by Crippen LogP contribution is -2.50. The summed E-state index contributed by atoms with van der Waals surface area (Å²) in [6.07, 6.45) is 4.17. The number of nitrogens with one attached hydrogen (secondary N) is 2. The zero-order chi connectivity index (χ0) is 13.9. The van der Waals surface area contributed by atoms with Crippen LogP contribution in [-0.4, -0.2) is 43.0 Å². The quantitative estimate of drug-likeness (QED) is 0.879. The fourth-order valence-corrected chi connectivity index (χ4v) is 3.35. The van der Waals surface area contributed by atoms with E-state index in [0.717, 1.165) is 44.5 Å². The number of fused-ring (bicyclic) bond motifs is 1. The molecule has 2 aliphatic rings. The van der Waals surface area contributed by atoms with Crippen molar-refractivity contribution in [2.24, 2.45) is 0 Å². The van der Waals surface area contributed by atoms with E-state index in [0.29, 0.717) is 6.04 Å². The first-order valence-corrected chi connectivity index (χ1v) is 7.58. The average molecular weight is 310 g/mol. The number of carbonyl (C=O) groups is 1. The predicted molar refractivity (Wildman–Crippen MR) is 88.1 cm³/mol. The predicted octanol–water partition coefficient (Wildman–Crippen LogP) is 2.05. The van der Waals surface area contributed by atoms with Crippen molar-refractivity contribution in [2.75, 3.05) is 25.5 Å². The van der Waals surface area contributed by atoms with Crippen molar-refractivity contribution in [3.05, 3.63) is 29.8 Å². The van der Waals surface area contributed by atoms with Crippen molar-refractivity contribution in [3.63, 3.8) is 0 Å². The van der Waals surface area contributed by atoms with Gasteiger partial charge in [0.1, 0.15) is 0 Å². The molecule has 1 atom stereocenters. The minimum atomic E-state index is 0. The standard InChI is InChI=1S/C16H23N3O.ClH/c1-17-13-8-10-19(11-9-13)15-7-6-12-4-2-3-5-14(12)18-16(15)20;/h2-5,13,15,17H,6-11H2,1H3,(H,18,20);1H. The Morgan fingerprint density at radius 2 is 1.90 bits per heavy atom. The Bertz CT molecular complexity index is 486. The maximum Gasteiger partial charge on any atom is 0.241 e. The Morgan fingerprint density at radius 3 is 2.62 bits per heavy atom. The van der Waals surface area contributed by atoms with Gasteiger partial charge in [0.2, 0.25) is 5.91 Å². The number of nitrogens with zero attached hydrogens (tertiary/aromatic N) is 1. The smallest absolute Gasteiger partial charge is 0.241 e. The number of hydrogen-bond donors (Lipinski definition) is 2. The third kappa shape index (κ3) is 3.57. The van der Waals surface area contributed by atoms with Crippen LogP contribution in [-0.2, 0) is 11.2 Å². The zero-order valence-corrected chi connectivity index (χ0v) is 13.3. The third-order valence-electron chi connectivity index (χ3n) is 4.64. The molecular formula is C16H24ClN3O. The molecule has 4 nitrogen and oxygen atoms in total. The van der Waals surface area contributed by atoms with Gasteiger partial charge in [0, 0.05) is 24.8 Å². The molecule has 2 aliphatic heterocycles. The fourth-order valence-electron chi connectivity index (χ4n) is 3.35. The molecule has 1 aromatic rings. The Hall–Kier alpha value is -1.10. The number of para-hydroxylation sites is 1. The molecule has 0 saturated carbocycles. The molecule has 0 aliphatic carbocycles. The average Bonchev–Trinajstić information content (AvgIpc) is 2.66. The van der Waals surface area contributed by atoms with Crippen LogP contribution in [0.25, 0.3) is 0 Å². The van der Waals surface area contributed by atoms with Gasteiger partial charge in [0.05, 0.1) is 6.04 Å². The minimum Gasteiger partial charge on any atom is -0.324 e. The number of likely N-dealkylation sites (tertiary alicyclic amines) is 1. The maximum atomic E-state index is 12.5. The lowest BCUT2D eigenvalue weighted by Gasteiger charge is -2.36. The summed E-state index contributed by atoms with van der Waals surface area (Å²) in [4.78, 5) is 14.8. The van der Waals surface area contributed by atoms with Gasteiger partial charge in [-0.2, -0.15) is 0 Å². The molecule has 1 unspecified atom stereocenters. The van der Waals surface area contributed by atoms with Gasteiger partial charge in [-0.25, -0.2) is 0 Å². The van der Waals surface area contributed by atoms with Crippen LogP contribution in [0.3, 0.4) is 0 Å². The Morgan fingerprint density at radius 1 is 1.19 bits per heavy atom. The number of halogens is 1. The lowest BCUT2D eigenvalue weighted by atomic mass is 10.00. The second-order valence-corrected chi connectivity index (χ2v) is 5.80. The molecule has 1 saturated heterocycles. The summed E-state index contributed by atoms with van der Waals surface area (Å²) >= 11 is 0. The van der Waals surface area contributed by atoms with Crippen molar-refractivity contribution in [1.29, 1.82) is 0 Å². The normalized spacial score (nSPS) is 23.7. The van der Waals surface area contributed by atoms with Crippen LogP contribution in [0.2, 0.25) is 0 Å². The molecule has 1 amide bonds. The van der Waals surface area contributed by atoms with Gasteiger partial charge < -0.3 is 10.6 Å². The molecule has 5 heteroatoms. The Kier molecular flexibility index (Phi) is 5.62. The zero-order valence-electron chi connectivity index (χ0n) is 12.5. The second kappa shape index (κ2) is 7.25. The molecule has 3 rings (SSSR count). The van der Waals surface area contributed by atoms with Gasteiger partial charge in [-0.1, -0.05) is 18.2 Å². The number of hydrogen-bond acceptors (Lipinski definition) is 3. The number of piperidine rings is 1. The van der Waals surface area contributed by atoms with E-state index in [9.17, 15) is 4.79 Å². The van der Waals surface area contributed by atoms with E-state index in [4.69, 9.17) is 0 Å². The maximum absolute atomic E-state index is 12.5. The number of carbonyl (C=O) groups excluding carboxylic acids is 1. The molecule has 21 heavy (non-hydrogen) atoms. The van der Waals surface area contributed by atoms with Gasteiger partial charge in [-0.05, 0) is 44.4 Å². The van der Waals surface area contributed by atoms with Gasteiger partial charge in [-0.3, -0.25) is 9.69 Å². The van der Waals surface area contributed by atoms with Crippen LogP contribution < -0.4 is 10.6 Å². The summed E-state index contributed by atoms with van der Waals surface area (Å²) in [7, 11) is 2.02. The van der Waals surface area contributed by atoms with Crippen LogP contribution in [0.4, 0.5) is 5.69 Å². The van der Waals surface area contributed by atoms with Crippen molar-refractivity contribution in [2.45, 2.75) is 37.8 Å². The highest BCUT2D eigenvalue weighted by Gasteiger charge is 2.31. The number of aryl methyl sites for hydroxylation is 1. The lowest BCUT2D eigenvalue weighted by molar-refractivity contribution is -0.121. The van der Waals surface area contributed by atoms with Gasteiger partial charge in [0.25, 0.3) is 0 Å². The van der Waals surface area contributed by atoms with Crippen molar-refractivity contribution >= 4 is 24.0 Å². The van der Waals surface area contributed by atoms with Crippen LogP contribution in [0, 0.1) is 0 Å². The van der Waals surface area contributed by atoms with Gasteiger partial charge in [0.15, 0.2) is 0 Å². The van der Waals surface area contributed by atoms with Crippen LogP contribution in [0.5, 0.6) is 0 Å². The first-order valence-electron chi connectivity index (χ1n) is 7.58. The Labute approximate surface area is 132 Å². The van der Waals surface area contributed by atoms with E-state index in [-0.39, 0.29) is 24.4 Å². The fraction of sp³-hybridized carbons (Fsp3) is 0.562. The topological polar surface area (TPSA) is 44.4 Å². The highest BCUT2D eigenvalue weighted by molar-refractivity contribution is 5.96. The molecule has 2 heterocycles. The van der Waals surface area contributed by atoms with Crippen LogP contribution in [0.15, 0.2) is 24.3 Å². The number of amides is 1. The molecule has 0 spiro atoms. The minimum absolute atomic E-state index is 0. The summed E-state index contributed by atoms with van der Waals surface area (Å²) in [6.45, 7) is 2.03. The summed E-state index contributed by atoms with van der Waals surface area (Å²) in [6, 6.07) is 8.79. The first-order chi connectivity index (χ1) is 9.78. The molecule has 0 bridgehead atoms. The van der Waals surface area contributed by atoms with Crippen molar-refractivity contribution in [1.82, 2.24) is 10.2 Å². The Balaban J connectivity index is 0.00000161. The van der Waals surface area contributed by atoms with E-state index in [1.54, 1.807) is 0 Å². The van der Waals surface area contributed by atoms with Crippen molar-refractivity contribution < 1.29 is 4.79 Å². The van der Waals surface area contributed by atoms with Crippen LogP contribution in [0.1, 0.15) is 24.8 Å². The van der Waals surface area contributed by atoms with Gasteiger partial charge in [-0.15, -0.1) is 12.4 Å². The van der Waals surface area contributed by atoms with E-state index in [1.807, 2.05) is 25.2 Å². The van der Waals surface area contributed by atoms with Gasteiger partial charge >= 0.3 is 0 Å². The van der Waals surface area contributed by atoms with E-state index in [1.165, 1.54) is 5.56 Å². The molecular weight excluding hydrogens is 286 g/mol. The van der Waals surface area contributed by atoms with E-state index in [2.05, 4.69) is 21.6 Å². The third-order valence-corrected chi connectivity index (χ3v) is 4.64. The number of rotatable bonds is 2. The number of benzene rings is 1.